The van der Waals surface area contributed by atoms with Crippen molar-refractivity contribution in [2.45, 2.75) is 19.3 Å². The van der Waals surface area contributed by atoms with Crippen LogP contribution in [-0.2, 0) is 16.0 Å². The molecule has 0 radical (unpaired) electrons. The molecule has 0 spiro atoms. The van der Waals surface area contributed by atoms with E-state index in [1.165, 1.54) is 11.3 Å². The largest absolute Gasteiger partial charge is 0.319 e. The molecule has 7 heteroatoms. The van der Waals surface area contributed by atoms with Gasteiger partial charge in [0.1, 0.15) is 5.69 Å². The number of rotatable bonds is 5. The van der Waals surface area contributed by atoms with Gasteiger partial charge < -0.3 is 5.32 Å². The SMILES string of the molecule is O=C(Nc1ccccc1N1C(=O)CCC1=O)c1csc(Cc2ccccc2)n1. The van der Waals surface area contributed by atoms with Crippen LogP contribution in [0.25, 0.3) is 0 Å². The number of imide groups is 1. The van der Waals surface area contributed by atoms with E-state index >= 15 is 0 Å². The van der Waals surface area contributed by atoms with Crippen molar-refractivity contribution in [3.8, 4) is 0 Å². The Hall–Kier alpha value is -3.32. The molecule has 1 aliphatic rings. The Balaban J connectivity index is 1.52. The molecule has 1 aliphatic heterocycles. The maximum Gasteiger partial charge on any atom is 0.275 e. The highest BCUT2D eigenvalue weighted by Gasteiger charge is 2.32. The zero-order valence-electron chi connectivity index (χ0n) is 14.9. The Kier molecular flexibility index (Phi) is 4.99. The molecule has 1 N–H and O–H groups in total. The fraction of sp³-hybridized carbons (Fsp3) is 0.143. The van der Waals surface area contributed by atoms with Crippen molar-refractivity contribution in [1.29, 1.82) is 0 Å². The molecular formula is C21H17N3O3S. The summed E-state index contributed by atoms with van der Waals surface area (Å²) in [7, 11) is 0. The van der Waals surface area contributed by atoms with Crippen molar-refractivity contribution in [1.82, 2.24) is 4.98 Å². The second-order valence-corrected chi connectivity index (χ2v) is 7.33. The van der Waals surface area contributed by atoms with Crippen LogP contribution < -0.4 is 10.2 Å². The predicted molar refractivity (Wildman–Crippen MR) is 107 cm³/mol. The van der Waals surface area contributed by atoms with E-state index in [0.717, 1.165) is 15.5 Å². The number of amides is 3. The van der Waals surface area contributed by atoms with Crippen LogP contribution in [0.3, 0.4) is 0 Å². The minimum atomic E-state index is -0.373. The molecule has 1 fully saturated rings. The third-order valence-corrected chi connectivity index (χ3v) is 5.28. The monoisotopic (exact) mass is 391 g/mol. The lowest BCUT2D eigenvalue weighted by Crippen LogP contribution is -2.29. The van der Waals surface area contributed by atoms with Gasteiger partial charge in [0.15, 0.2) is 0 Å². The van der Waals surface area contributed by atoms with E-state index in [1.807, 2.05) is 30.3 Å². The van der Waals surface area contributed by atoms with Crippen molar-refractivity contribution in [3.63, 3.8) is 0 Å². The van der Waals surface area contributed by atoms with Gasteiger partial charge in [0.2, 0.25) is 11.8 Å². The average molecular weight is 391 g/mol. The number of anilines is 2. The minimum Gasteiger partial charge on any atom is -0.319 e. The molecule has 0 atom stereocenters. The first kappa shape index (κ1) is 18.1. The van der Waals surface area contributed by atoms with E-state index in [1.54, 1.807) is 29.6 Å². The number of carbonyl (C=O) groups is 3. The van der Waals surface area contributed by atoms with Gasteiger partial charge in [0, 0.05) is 24.6 Å². The topological polar surface area (TPSA) is 79.4 Å². The predicted octanol–water partition coefficient (Wildman–Crippen LogP) is 3.64. The second kappa shape index (κ2) is 7.74. The first-order chi connectivity index (χ1) is 13.6. The summed E-state index contributed by atoms with van der Waals surface area (Å²) in [5.74, 6) is -0.891. The van der Waals surface area contributed by atoms with Crippen LogP contribution in [0, 0.1) is 0 Å². The van der Waals surface area contributed by atoms with Crippen molar-refractivity contribution in [2.24, 2.45) is 0 Å². The zero-order chi connectivity index (χ0) is 19.5. The van der Waals surface area contributed by atoms with E-state index in [2.05, 4.69) is 10.3 Å². The molecule has 1 saturated heterocycles. The lowest BCUT2D eigenvalue weighted by molar-refractivity contribution is -0.121. The van der Waals surface area contributed by atoms with Crippen LogP contribution in [-0.4, -0.2) is 22.7 Å². The first-order valence-electron chi connectivity index (χ1n) is 8.86. The number of thiazole rings is 1. The Morgan fingerprint density at radius 3 is 2.43 bits per heavy atom. The summed E-state index contributed by atoms with van der Waals surface area (Å²) in [6.07, 6.45) is 1.04. The van der Waals surface area contributed by atoms with E-state index in [9.17, 15) is 14.4 Å². The highest BCUT2D eigenvalue weighted by atomic mass is 32.1. The lowest BCUT2D eigenvalue weighted by atomic mass is 10.2. The molecule has 0 bridgehead atoms. The van der Waals surface area contributed by atoms with Crippen molar-refractivity contribution in [3.05, 3.63) is 76.2 Å². The van der Waals surface area contributed by atoms with Crippen molar-refractivity contribution in [2.75, 3.05) is 10.2 Å². The quantitative estimate of drug-likeness (QED) is 0.674. The number of nitrogens with zero attached hydrogens (tertiary/aromatic N) is 2. The Morgan fingerprint density at radius 1 is 1.00 bits per heavy atom. The van der Waals surface area contributed by atoms with Crippen LogP contribution in [0.4, 0.5) is 11.4 Å². The van der Waals surface area contributed by atoms with Crippen LogP contribution in [0.5, 0.6) is 0 Å². The molecule has 2 aromatic carbocycles. The van der Waals surface area contributed by atoms with Gasteiger partial charge in [-0.3, -0.25) is 14.4 Å². The highest BCUT2D eigenvalue weighted by molar-refractivity contribution is 7.09. The number of hydrogen-bond donors (Lipinski definition) is 1. The minimum absolute atomic E-state index is 0.191. The van der Waals surface area contributed by atoms with E-state index in [-0.39, 0.29) is 30.6 Å². The summed E-state index contributed by atoms with van der Waals surface area (Å²) in [6, 6.07) is 16.7. The Labute approximate surface area is 165 Å². The summed E-state index contributed by atoms with van der Waals surface area (Å²) in [4.78, 5) is 42.3. The number of benzene rings is 2. The summed E-state index contributed by atoms with van der Waals surface area (Å²) >= 11 is 1.42. The maximum absolute atomic E-state index is 12.7. The van der Waals surface area contributed by atoms with E-state index < -0.39 is 0 Å². The van der Waals surface area contributed by atoms with Crippen molar-refractivity contribution >= 4 is 40.4 Å². The lowest BCUT2D eigenvalue weighted by Gasteiger charge is -2.18. The van der Waals surface area contributed by atoms with Gasteiger partial charge >= 0.3 is 0 Å². The summed E-state index contributed by atoms with van der Waals surface area (Å²) in [6.45, 7) is 0. The molecule has 3 aromatic rings. The summed E-state index contributed by atoms with van der Waals surface area (Å²) in [5, 5.41) is 5.33. The molecular weight excluding hydrogens is 374 g/mol. The summed E-state index contributed by atoms with van der Waals surface area (Å²) < 4.78 is 0. The number of para-hydroxylation sites is 2. The first-order valence-corrected chi connectivity index (χ1v) is 9.74. The van der Waals surface area contributed by atoms with Crippen LogP contribution >= 0.6 is 11.3 Å². The van der Waals surface area contributed by atoms with Crippen LogP contribution in [0.1, 0.15) is 33.9 Å². The molecule has 3 amide bonds. The highest BCUT2D eigenvalue weighted by Crippen LogP contribution is 2.30. The molecule has 6 nitrogen and oxygen atoms in total. The Morgan fingerprint density at radius 2 is 1.68 bits per heavy atom. The van der Waals surface area contributed by atoms with Gasteiger partial charge in [-0.05, 0) is 17.7 Å². The van der Waals surface area contributed by atoms with Crippen LogP contribution in [0.2, 0.25) is 0 Å². The smallest absolute Gasteiger partial charge is 0.275 e. The van der Waals surface area contributed by atoms with Crippen LogP contribution in [0.15, 0.2) is 60.0 Å². The molecule has 0 unspecified atom stereocenters. The van der Waals surface area contributed by atoms with Gasteiger partial charge in [-0.2, -0.15) is 0 Å². The molecule has 28 heavy (non-hydrogen) atoms. The number of nitrogens with one attached hydrogen (secondary N) is 1. The molecule has 1 aromatic heterocycles. The Bertz CT molecular complexity index is 1030. The number of hydrogen-bond acceptors (Lipinski definition) is 5. The van der Waals surface area contributed by atoms with Gasteiger partial charge in [-0.15, -0.1) is 11.3 Å². The van der Waals surface area contributed by atoms with E-state index in [4.69, 9.17) is 0 Å². The molecule has 0 aliphatic carbocycles. The van der Waals surface area contributed by atoms with Gasteiger partial charge in [0.25, 0.3) is 5.91 Å². The number of carbonyl (C=O) groups excluding carboxylic acids is 3. The maximum atomic E-state index is 12.7. The number of aromatic nitrogens is 1. The fourth-order valence-corrected chi connectivity index (χ4v) is 3.88. The summed E-state index contributed by atoms with van der Waals surface area (Å²) in [5.41, 5.74) is 2.24. The van der Waals surface area contributed by atoms with Gasteiger partial charge in [-0.25, -0.2) is 9.88 Å². The normalized spacial score (nSPS) is 13.8. The van der Waals surface area contributed by atoms with Crippen molar-refractivity contribution < 1.29 is 14.4 Å². The average Bonchev–Trinajstić information content (AvgIpc) is 3.30. The third-order valence-electron chi connectivity index (χ3n) is 4.43. The molecule has 140 valence electrons. The standard InChI is InChI=1S/C21H17N3O3S/c25-19-10-11-20(26)24(19)17-9-5-4-8-15(17)23-21(27)16-13-28-18(22-16)12-14-6-2-1-3-7-14/h1-9,13H,10-12H2,(H,23,27). The van der Waals surface area contributed by atoms with Gasteiger partial charge in [-0.1, -0.05) is 42.5 Å². The third kappa shape index (κ3) is 3.70. The van der Waals surface area contributed by atoms with Gasteiger partial charge in [0.05, 0.1) is 16.4 Å². The zero-order valence-corrected chi connectivity index (χ0v) is 15.7. The second-order valence-electron chi connectivity index (χ2n) is 6.38. The van der Waals surface area contributed by atoms with E-state index in [0.29, 0.717) is 23.5 Å². The fourth-order valence-electron chi connectivity index (χ4n) is 3.07. The molecule has 2 heterocycles. The molecule has 0 saturated carbocycles. The molecule has 4 rings (SSSR count).